The van der Waals surface area contributed by atoms with E-state index in [9.17, 15) is 9.59 Å². The number of nitrogens with zero attached hydrogens (tertiary/aromatic N) is 1. The van der Waals surface area contributed by atoms with Gasteiger partial charge in [-0.1, -0.05) is 45.4 Å². The second kappa shape index (κ2) is 11.0. The molecule has 2 rings (SSSR count). The van der Waals surface area contributed by atoms with Crippen molar-refractivity contribution in [1.29, 1.82) is 0 Å². The summed E-state index contributed by atoms with van der Waals surface area (Å²) < 4.78 is 11.6. The molecule has 0 aliphatic rings. The Morgan fingerprint density at radius 1 is 0.935 bits per heavy atom. The van der Waals surface area contributed by atoms with Crippen LogP contribution in [0.2, 0.25) is 0 Å². The maximum atomic E-state index is 12.9. The zero-order chi connectivity index (χ0) is 23.1. The fraction of sp³-hybridized carbons (Fsp3) is 0.462. The molecule has 5 heteroatoms. The lowest BCUT2D eigenvalue weighted by Crippen LogP contribution is -2.33. The minimum absolute atomic E-state index is 0.233. The van der Waals surface area contributed by atoms with E-state index in [0.29, 0.717) is 30.2 Å². The molecule has 0 saturated carbocycles. The third kappa shape index (κ3) is 5.87. The lowest BCUT2D eigenvalue weighted by atomic mass is 9.94. The zero-order valence-electron chi connectivity index (χ0n) is 19.9. The maximum Gasteiger partial charge on any atom is 0.415 e. The van der Waals surface area contributed by atoms with Crippen LogP contribution in [0.3, 0.4) is 0 Å². The van der Waals surface area contributed by atoms with Crippen LogP contribution in [0.5, 0.6) is 11.5 Å². The molecule has 0 aliphatic carbocycles. The topological polar surface area (TPSA) is 55.8 Å². The van der Waals surface area contributed by atoms with E-state index < -0.39 is 12.1 Å². The number of benzene rings is 2. The lowest BCUT2D eigenvalue weighted by molar-refractivity contribution is 0.0725. The number of ether oxygens (including phenoxy) is 2. The lowest BCUT2D eigenvalue weighted by Gasteiger charge is -2.23. The number of esters is 1. The summed E-state index contributed by atoms with van der Waals surface area (Å²) in [5.41, 5.74) is 4.27. The van der Waals surface area contributed by atoms with Gasteiger partial charge in [0.25, 0.3) is 0 Å². The second-order valence-electron chi connectivity index (χ2n) is 8.10. The summed E-state index contributed by atoms with van der Waals surface area (Å²) in [7, 11) is 0. The minimum Gasteiger partial charge on any atom is -0.419 e. The Balaban J connectivity index is 2.44. The van der Waals surface area contributed by atoms with Gasteiger partial charge in [-0.15, -0.1) is 0 Å². The molecule has 0 radical (unpaired) electrons. The number of hydrogen-bond donors (Lipinski definition) is 0. The Morgan fingerprint density at radius 2 is 1.55 bits per heavy atom. The molecule has 0 bridgehead atoms. The number of aryl methyl sites for hydroxylation is 2. The zero-order valence-corrected chi connectivity index (χ0v) is 19.9. The summed E-state index contributed by atoms with van der Waals surface area (Å²) in [5, 5.41) is 0. The van der Waals surface area contributed by atoms with Crippen LogP contribution in [0, 0.1) is 13.8 Å². The normalized spacial score (nSPS) is 10.8. The number of rotatable bonds is 8. The number of carbonyl (C=O) groups is 2. The van der Waals surface area contributed by atoms with Gasteiger partial charge in [0.1, 0.15) is 0 Å². The van der Waals surface area contributed by atoms with Crippen LogP contribution in [0.25, 0.3) is 0 Å². The van der Waals surface area contributed by atoms with Gasteiger partial charge in [0.15, 0.2) is 11.5 Å². The van der Waals surface area contributed by atoms with Gasteiger partial charge in [0.05, 0.1) is 5.56 Å². The summed E-state index contributed by atoms with van der Waals surface area (Å²) >= 11 is 0. The van der Waals surface area contributed by atoms with Crippen molar-refractivity contribution in [3.05, 3.63) is 58.1 Å². The predicted octanol–water partition coefficient (Wildman–Crippen LogP) is 6.44. The molecule has 1 amide bonds. The van der Waals surface area contributed by atoms with E-state index in [0.717, 1.165) is 29.5 Å². The smallest absolute Gasteiger partial charge is 0.415 e. The standard InChI is InChI=1S/C26H35NO4/c1-8-11-20-12-14-21(15-13-20)25(28)30-24-19(7)22(17(4)5)16-18(6)23(24)31-26(29)27(9-2)10-3/h12-17H,8-11H2,1-7H3. The van der Waals surface area contributed by atoms with Crippen LogP contribution < -0.4 is 9.47 Å². The number of amides is 1. The predicted molar refractivity (Wildman–Crippen MR) is 124 cm³/mol. The van der Waals surface area contributed by atoms with Gasteiger partial charge >= 0.3 is 12.1 Å². The van der Waals surface area contributed by atoms with E-state index >= 15 is 0 Å². The molecule has 0 aliphatic heterocycles. The molecule has 0 spiro atoms. The molecule has 168 valence electrons. The van der Waals surface area contributed by atoms with Crippen LogP contribution >= 0.6 is 0 Å². The fourth-order valence-electron chi connectivity index (χ4n) is 3.62. The van der Waals surface area contributed by atoms with Crippen LogP contribution in [0.15, 0.2) is 30.3 Å². The minimum atomic E-state index is -0.466. The summed E-state index contributed by atoms with van der Waals surface area (Å²) in [6.45, 7) is 14.9. The Hall–Kier alpha value is -2.82. The molecular formula is C26H35NO4. The largest absolute Gasteiger partial charge is 0.419 e. The van der Waals surface area contributed by atoms with Crippen LogP contribution in [-0.4, -0.2) is 30.1 Å². The Kier molecular flexibility index (Phi) is 8.66. The third-order valence-corrected chi connectivity index (χ3v) is 5.47. The molecule has 0 unspecified atom stereocenters. The molecule has 0 aromatic heterocycles. The van der Waals surface area contributed by atoms with Crippen molar-refractivity contribution in [2.75, 3.05) is 13.1 Å². The molecule has 0 saturated heterocycles. The maximum absolute atomic E-state index is 12.9. The molecule has 0 N–H and O–H groups in total. The van der Waals surface area contributed by atoms with Crippen molar-refractivity contribution in [2.24, 2.45) is 0 Å². The highest BCUT2D eigenvalue weighted by Crippen LogP contribution is 2.40. The van der Waals surface area contributed by atoms with Crippen molar-refractivity contribution in [1.82, 2.24) is 4.90 Å². The third-order valence-electron chi connectivity index (χ3n) is 5.47. The van der Waals surface area contributed by atoms with E-state index in [4.69, 9.17) is 9.47 Å². The monoisotopic (exact) mass is 425 g/mol. The molecule has 2 aromatic carbocycles. The Labute approximate surface area is 186 Å². The summed E-state index contributed by atoms with van der Waals surface area (Å²) in [5.74, 6) is 0.380. The molecule has 0 fully saturated rings. The first-order valence-electron chi connectivity index (χ1n) is 11.1. The molecule has 5 nitrogen and oxygen atoms in total. The quantitative estimate of drug-likeness (QED) is 0.361. The number of hydrogen-bond acceptors (Lipinski definition) is 4. The van der Waals surface area contributed by atoms with Gasteiger partial charge in [-0.2, -0.15) is 0 Å². The van der Waals surface area contributed by atoms with E-state index in [1.165, 1.54) is 5.56 Å². The first-order valence-corrected chi connectivity index (χ1v) is 11.1. The molecule has 2 aromatic rings. The first kappa shape index (κ1) is 24.4. The number of carbonyl (C=O) groups excluding carboxylic acids is 2. The van der Waals surface area contributed by atoms with E-state index in [1.807, 2.05) is 45.9 Å². The van der Waals surface area contributed by atoms with Gasteiger partial charge in [0.2, 0.25) is 0 Å². The van der Waals surface area contributed by atoms with E-state index in [2.05, 4.69) is 20.8 Å². The average Bonchev–Trinajstić information content (AvgIpc) is 2.74. The highest BCUT2D eigenvalue weighted by molar-refractivity contribution is 5.92. The van der Waals surface area contributed by atoms with Gasteiger partial charge < -0.3 is 14.4 Å². The Morgan fingerprint density at radius 3 is 2.06 bits per heavy atom. The molecule has 31 heavy (non-hydrogen) atoms. The van der Waals surface area contributed by atoms with Crippen molar-refractivity contribution >= 4 is 12.1 Å². The van der Waals surface area contributed by atoms with Crippen molar-refractivity contribution in [2.45, 2.75) is 67.2 Å². The summed E-state index contributed by atoms with van der Waals surface area (Å²) in [4.78, 5) is 27.2. The highest BCUT2D eigenvalue weighted by Gasteiger charge is 2.24. The first-order chi connectivity index (χ1) is 14.7. The SMILES string of the molecule is CCCc1ccc(C(=O)Oc2c(C)c(C(C)C)cc(C)c2OC(=O)N(CC)CC)cc1. The van der Waals surface area contributed by atoms with Gasteiger partial charge in [-0.05, 0) is 74.4 Å². The molecule has 0 heterocycles. The van der Waals surface area contributed by atoms with Crippen molar-refractivity contribution < 1.29 is 19.1 Å². The van der Waals surface area contributed by atoms with Crippen LogP contribution in [0.4, 0.5) is 4.79 Å². The summed E-state index contributed by atoms with van der Waals surface area (Å²) in [6.07, 6.45) is 1.56. The van der Waals surface area contributed by atoms with Crippen LogP contribution in [-0.2, 0) is 6.42 Å². The molecule has 0 atom stereocenters. The van der Waals surface area contributed by atoms with Crippen molar-refractivity contribution in [3.63, 3.8) is 0 Å². The van der Waals surface area contributed by atoms with Crippen molar-refractivity contribution in [3.8, 4) is 11.5 Å². The Bertz CT molecular complexity index is 912. The van der Waals surface area contributed by atoms with Crippen LogP contribution in [0.1, 0.15) is 79.6 Å². The van der Waals surface area contributed by atoms with Gasteiger partial charge in [0, 0.05) is 13.1 Å². The van der Waals surface area contributed by atoms with E-state index in [-0.39, 0.29) is 5.92 Å². The molecular weight excluding hydrogens is 390 g/mol. The van der Waals surface area contributed by atoms with E-state index in [1.54, 1.807) is 17.0 Å². The summed E-state index contributed by atoms with van der Waals surface area (Å²) in [6, 6.07) is 9.46. The highest BCUT2D eigenvalue weighted by atomic mass is 16.6. The average molecular weight is 426 g/mol. The second-order valence-corrected chi connectivity index (χ2v) is 8.10. The van der Waals surface area contributed by atoms with Gasteiger partial charge in [-0.3, -0.25) is 0 Å². The fourth-order valence-corrected chi connectivity index (χ4v) is 3.62. The van der Waals surface area contributed by atoms with Gasteiger partial charge in [-0.25, -0.2) is 9.59 Å².